The predicted octanol–water partition coefficient (Wildman–Crippen LogP) is 2.67. The molecule has 0 bridgehead atoms. The highest BCUT2D eigenvalue weighted by molar-refractivity contribution is 5.68. The highest BCUT2D eigenvalue weighted by atomic mass is 16.3. The molecule has 0 saturated carbocycles. The molecule has 0 atom stereocenters. The van der Waals surface area contributed by atoms with Crippen molar-refractivity contribution in [3.63, 3.8) is 0 Å². The number of anilines is 1. The Kier molecular flexibility index (Phi) is 4.78. The van der Waals surface area contributed by atoms with E-state index in [1.54, 1.807) is 24.3 Å². The molecule has 1 aromatic carbocycles. The van der Waals surface area contributed by atoms with Gasteiger partial charge in [0.15, 0.2) is 0 Å². The number of rotatable bonds is 4. The van der Waals surface area contributed by atoms with Gasteiger partial charge in [-0.2, -0.15) is 10.5 Å². The fourth-order valence-electron chi connectivity index (χ4n) is 1.68. The van der Waals surface area contributed by atoms with Crippen LogP contribution in [0.5, 0.6) is 5.75 Å². The van der Waals surface area contributed by atoms with E-state index >= 15 is 0 Å². The molecule has 92 valence electrons. The van der Waals surface area contributed by atoms with Crippen molar-refractivity contribution in [2.45, 2.75) is 13.8 Å². The topological polar surface area (TPSA) is 71.0 Å². The predicted molar refractivity (Wildman–Crippen MR) is 70.9 cm³/mol. The van der Waals surface area contributed by atoms with Gasteiger partial charge in [-0.05, 0) is 32.1 Å². The van der Waals surface area contributed by atoms with Crippen LogP contribution in [0.15, 0.2) is 23.8 Å². The Labute approximate surface area is 107 Å². The number of phenolic OH excluding ortho intramolecular Hbond substituents is 1. The summed E-state index contributed by atoms with van der Waals surface area (Å²) in [5, 5.41) is 27.2. The van der Waals surface area contributed by atoms with Gasteiger partial charge in [-0.1, -0.05) is 0 Å². The van der Waals surface area contributed by atoms with Gasteiger partial charge in [0, 0.05) is 30.4 Å². The lowest BCUT2D eigenvalue weighted by Gasteiger charge is -2.21. The molecule has 0 aromatic heterocycles. The van der Waals surface area contributed by atoms with Crippen LogP contribution in [-0.2, 0) is 0 Å². The zero-order valence-electron chi connectivity index (χ0n) is 10.5. The molecule has 0 aliphatic heterocycles. The van der Waals surface area contributed by atoms with Gasteiger partial charge in [0.1, 0.15) is 23.5 Å². The van der Waals surface area contributed by atoms with Gasteiger partial charge >= 0.3 is 0 Å². The lowest BCUT2D eigenvalue weighted by molar-refractivity contribution is 0.474. The Morgan fingerprint density at radius 2 is 1.89 bits per heavy atom. The Morgan fingerprint density at radius 3 is 2.33 bits per heavy atom. The summed E-state index contributed by atoms with van der Waals surface area (Å²) < 4.78 is 0. The second-order valence-corrected chi connectivity index (χ2v) is 3.70. The van der Waals surface area contributed by atoms with Gasteiger partial charge in [0.2, 0.25) is 0 Å². The van der Waals surface area contributed by atoms with E-state index in [-0.39, 0.29) is 11.3 Å². The maximum Gasteiger partial charge on any atom is 0.130 e. The third-order valence-electron chi connectivity index (χ3n) is 2.68. The minimum Gasteiger partial charge on any atom is -0.507 e. The van der Waals surface area contributed by atoms with Gasteiger partial charge in [-0.15, -0.1) is 0 Å². The number of benzene rings is 1. The lowest BCUT2D eigenvalue weighted by atomic mass is 10.1. The molecular formula is C14H15N3O. The van der Waals surface area contributed by atoms with Crippen molar-refractivity contribution in [2.75, 3.05) is 18.0 Å². The van der Waals surface area contributed by atoms with E-state index in [0.717, 1.165) is 18.8 Å². The average Bonchev–Trinajstić information content (AvgIpc) is 2.39. The first-order chi connectivity index (χ1) is 8.65. The van der Waals surface area contributed by atoms with Crippen molar-refractivity contribution in [2.24, 2.45) is 0 Å². The molecule has 0 aliphatic rings. The van der Waals surface area contributed by atoms with Gasteiger partial charge in [-0.25, -0.2) is 0 Å². The number of nitrogens with zero attached hydrogens (tertiary/aromatic N) is 3. The van der Waals surface area contributed by atoms with E-state index in [1.807, 2.05) is 19.9 Å². The van der Waals surface area contributed by atoms with E-state index in [9.17, 15) is 5.11 Å². The quantitative estimate of drug-likeness (QED) is 0.822. The van der Waals surface area contributed by atoms with Crippen LogP contribution in [0, 0.1) is 22.7 Å². The van der Waals surface area contributed by atoms with Crippen LogP contribution in [0.25, 0.3) is 6.08 Å². The summed E-state index contributed by atoms with van der Waals surface area (Å²) >= 11 is 0. The maximum atomic E-state index is 9.88. The highest BCUT2D eigenvalue weighted by Crippen LogP contribution is 2.26. The van der Waals surface area contributed by atoms with E-state index in [1.165, 1.54) is 6.08 Å². The summed E-state index contributed by atoms with van der Waals surface area (Å²) in [6.45, 7) is 5.79. The minimum absolute atomic E-state index is 0.0270. The Morgan fingerprint density at radius 1 is 1.28 bits per heavy atom. The lowest BCUT2D eigenvalue weighted by Crippen LogP contribution is -2.21. The molecular weight excluding hydrogens is 226 g/mol. The van der Waals surface area contributed by atoms with Crippen LogP contribution in [0.4, 0.5) is 5.69 Å². The van der Waals surface area contributed by atoms with Crippen molar-refractivity contribution in [1.82, 2.24) is 0 Å². The number of allylic oxidation sites excluding steroid dienone is 1. The van der Waals surface area contributed by atoms with Crippen LogP contribution in [0.2, 0.25) is 0 Å². The normalized spacial score (nSPS) is 9.11. The Balaban J connectivity index is 3.12. The molecule has 0 fully saturated rings. The molecule has 4 nitrogen and oxygen atoms in total. The fourth-order valence-corrected chi connectivity index (χ4v) is 1.68. The SMILES string of the molecule is CCN(CC)c1ccc(C=C(C#N)C#N)c(O)c1. The van der Waals surface area contributed by atoms with Crippen molar-refractivity contribution in [3.05, 3.63) is 29.3 Å². The molecule has 0 heterocycles. The van der Waals surface area contributed by atoms with Crippen LogP contribution in [-0.4, -0.2) is 18.2 Å². The molecule has 4 heteroatoms. The van der Waals surface area contributed by atoms with Gasteiger partial charge in [0.25, 0.3) is 0 Å². The van der Waals surface area contributed by atoms with Crippen LogP contribution in [0.1, 0.15) is 19.4 Å². The first-order valence-electron chi connectivity index (χ1n) is 5.76. The summed E-state index contributed by atoms with van der Waals surface area (Å²) in [7, 11) is 0. The molecule has 0 unspecified atom stereocenters. The summed E-state index contributed by atoms with van der Waals surface area (Å²) in [4.78, 5) is 2.10. The van der Waals surface area contributed by atoms with Crippen molar-refractivity contribution in [3.8, 4) is 17.9 Å². The molecule has 0 spiro atoms. The van der Waals surface area contributed by atoms with Gasteiger partial charge in [0.05, 0.1) is 0 Å². The van der Waals surface area contributed by atoms with Gasteiger partial charge < -0.3 is 10.0 Å². The third-order valence-corrected chi connectivity index (χ3v) is 2.68. The monoisotopic (exact) mass is 241 g/mol. The second kappa shape index (κ2) is 6.32. The number of hydrogen-bond acceptors (Lipinski definition) is 4. The summed E-state index contributed by atoms with van der Waals surface area (Å²) in [6, 6.07) is 8.75. The smallest absolute Gasteiger partial charge is 0.130 e. The molecule has 1 aromatic rings. The zero-order valence-corrected chi connectivity index (χ0v) is 10.5. The first-order valence-corrected chi connectivity index (χ1v) is 5.76. The standard InChI is InChI=1S/C14H15N3O/c1-3-17(4-2)13-6-5-12(14(18)8-13)7-11(9-15)10-16/h5-8,18H,3-4H2,1-2H3. The molecule has 0 saturated heterocycles. The number of aromatic hydroxyl groups is 1. The first kappa shape index (κ1) is 13.6. The van der Waals surface area contributed by atoms with E-state index in [2.05, 4.69) is 4.90 Å². The molecule has 0 aliphatic carbocycles. The molecule has 1 rings (SSSR count). The van der Waals surface area contributed by atoms with Crippen LogP contribution < -0.4 is 4.90 Å². The molecule has 0 radical (unpaired) electrons. The highest BCUT2D eigenvalue weighted by Gasteiger charge is 2.06. The van der Waals surface area contributed by atoms with E-state index < -0.39 is 0 Å². The van der Waals surface area contributed by atoms with Crippen molar-refractivity contribution < 1.29 is 5.11 Å². The summed E-state index contributed by atoms with van der Waals surface area (Å²) in [6.07, 6.45) is 1.38. The van der Waals surface area contributed by atoms with Crippen LogP contribution in [0.3, 0.4) is 0 Å². The van der Waals surface area contributed by atoms with Crippen molar-refractivity contribution >= 4 is 11.8 Å². The zero-order chi connectivity index (χ0) is 13.5. The van der Waals surface area contributed by atoms with Gasteiger partial charge in [-0.3, -0.25) is 0 Å². The molecule has 1 N–H and O–H groups in total. The van der Waals surface area contributed by atoms with Crippen LogP contribution >= 0.6 is 0 Å². The fraction of sp³-hybridized carbons (Fsp3) is 0.286. The second-order valence-electron chi connectivity index (χ2n) is 3.70. The molecule has 18 heavy (non-hydrogen) atoms. The third kappa shape index (κ3) is 3.02. The minimum atomic E-state index is -0.0270. The number of hydrogen-bond donors (Lipinski definition) is 1. The maximum absolute atomic E-state index is 9.88. The number of phenols is 1. The largest absolute Gasteiger partial charge is 0.507 e. The number of nitriles is 2. The summed E-state index contributed by atoms with van der Waals surface area (Å²) in [5.41, 5.74) is 1.37. The Bertz CT molecular complexity index is 515. The average molecular weight is 241 g/mol. The van der Waals surface area contributed by atoms with E-state index in [0.29, 0.717) is 5.56 Å². The summed E-state index contributed by atoms with van der Waals surface area (Å²) in [5.74, 6) is 0.0717. The Hall–Kier alpha value is -2.46. The van der Waals surface area contributed by atoms with E-state index in [4.69, 9.17) is 10.5 Å². The molecule has 0 amide bonds. The van der Waals surface area contributed by atoms with Crippen molar-refractivity contribution in [1.29, 1.82) is 10.5 Å².